The number of fused-ring (bicyclic) bond motifs is 7. The zero-order chi connectivity index (χ0) is 34.6. The normalized spacial score (nSPS) is 37.2. The van der Waals surface area contributed by atoms with Gasteiger partial charge in [0, 0.05) is 35.2 Å². The van der Waals surface area contributed by atoms with Crippen molar-refractivity contribution in [2.75, 3.05) is 0 Å². The van der Waals surface area contributed by atoms with E-state index in [1.165, 1.54) is 29.2 Å². The number of Topliss-reactive ketones (excluding diaryl/α,β-unsaturated/α-hetero) is 1. The van der Waals surface area contributed by atoms with E-state index in [4.69, 9.17) is 0 Å². The third-order valence-electron chi connectivity index (χ3n) is 13.3. The number of imidazole rings is 1. The summed E-state index contributed by atoms with van der Waals surface area (Å²) in [6.07, 6.45) is 7.58. The van der Waals surface area contributed by atoms with Crippen LogP contribution in [-0.2, 0) is 15.8 Å². The lowest BCUT2D eigenvalue weighted by Crippen LogP contribution is -2.61. The SMILES string of the molecule is CC1C(=O)C(C#N)=CC2(C)C3=CC(=O)C4C(CCC5(C(=O)n6cnc(-c7cccnc7C(F)(F)F)c6)CCC(C)(C)CC45)C3(C)CCC12. The van der Waals surface area contributed by atoms with Crippen molar-refractivity contribution >= 4 is 17.5 Å². The number of carbonyl (C=O) groups excluding carboxylic acids is 3. The van der Waals surface area contributed by atoms with Gasteiger partial charge in [-0.2, -0.15) is 18.4 Å². The van der Waals surface area contributed by atoms with Gasteiger partial charge in [0.15, 0.2) is 17.3 Å². The molecule has 0 radical (unpaired) electrons. The molecule has 0 saturated heterocycles. The average molecular weight is 659 g/mol. The van der Waals surface area contributed by atoms with E-state index in [1.54, 1.807) is 6.08 Å². The predicted molar refractivity (Wildman–Crippen MR) is 171 cm³/mol. The van der Waals surface area contributed by atoms with Crippen molar-refractivity contribution in [3.8, 4) is 17.3 Å². The molecule has 8 unspecified atom stereocenters. The maximum Gasteiger partial charge on any atom is 0.434 e. The Morgan fingerprint density at radius 1 is 1.02 bits per heavy atom. The van der Waals surface area contributed by atoms with Crippen LogP contribution in [0.4, 0.5) is 13.2 Å². The quantitative estimate of drug-likeness (QED) is 0.323. The Bertz CT molecular complexity index is 1850. The molecule has 8 atom stereocenters. The largest absolute Gasteiger partial charge is 0.434 e. The maximum atomic E-state index is 14.7. The number of pyridine rings is 1. The molecule has 48 heavy (non-hydrogen) atoms. The molecule has 252 valence electrons. The van der Waals surface area contributed by atoms with E-state index < -0.39 is 28.6 Å². The van der Waals surface area contributed by atoms with Crippen molar-refractivity contribution in [1.29, 1.82) is 5.26 Å². The molecule has 5 aliphatic rings. The average Bonchev–Trinajstić information content (AvgIpc) is 3.53. The number of nitriles is 1. The fourth-order valence-electron chi connectivity index (χ4n) is 10.9. The Morgan fingerprint density at radius 2 is 1.75 bits per heavy atom. The number of alkyl halides is 3. The molecule has 3 fully saturated rings. The van der Waals surface area contributed by atoms with Crippen LogP contribution in [0.15, 0.2) is 54.2 Å². The van der Waals surface area contributed by atoms with Crippen molar-refractivity contribution in [3.05, 3.63) is 59.8 Å². The highest BCUT2D eigenvalue weighted by Gasteiger charge is 2.66. The third kappa shape index (κ3) is 4.55. The summed E-state index contributed by atoms with van der Waals surface area (Å²) in [5.74, 6) is -1.33. The van der Waals surface area contributed by atoms with Crippen molar-refractivity contribution in [2.45, 2.75) is 85.7 Å². The van der Waals surface area contributed by atoms with Crippen LogP contribution in [0.25, 0.3) is 11.3 Å². The van der Waals surface area contributed by atoms with E-state index in [0.29, 0.717) is 25.7 Å². The monoisotopic (exact) mass is 658 g/mol. The van der Waals surface area contributed by atoms with E-state index >= 15 is 0 Å². The first-order valence-corrected chi connectivity index (χ1v) is 17.0. The molecule has 7 rings (SSSR count). The van der Waals surface area contributed by atoms with E-state index in [2.05, 4.69) is 43.7 Å². The lowest BCUT2D eigenvalue weighted by atomic mass is 9.39. The highest BCUT2D eigenvalue weighted by atomic mass is 19.4. The topological polar surface area (TPSA) is 106 Å². The van der Waals surface area contributed by atoms with Crippen LogP contribution in [-0.4, -0.2) is 32.0 Å². The molecule has 10 heteroatoms. The Balaban J connectivity index is 1.29. The number of aromatic nitrogens is 3. The van der Waals surface area contributed by atoms with Gasteiger partial charge in [-0.1, -0.05) is 46.3 Å². The van der Waals surface area contributed by atoms with Gasteiger partial charge >= 0.3 is 6.18 Å². The van der Waals surface area contributed by atoms with E-state index in [0.717, 1.165) is 31.0 Å². The Morgan fingerprint density at radius 3 is 2.46 bits per heavy atom. The molecule has 3 saturated carbocycles. The highest BCUT2D eigenvalue weighted by Crippen LogP contribution is 2.69. The van der Waals surface area contributed by atoms with Crippen LogP contribution >= 0.6 is 0 Å². The van der Waals surface area contributed by atoms with Crippen LogP contribution in [0.3, 0.4) is 0 Å². The smallest absolute Gasteiger partial charge is 0.295 e. The standard InChI is InChI=1S/C38H41F3N4O3/c1-21-24-8-10-35(4)25-9-11-37(33(48)45-19-27(44-20-45)23-7-6-14-43-32(23)38(39,40)41)13-12-34(2,3)17-26(37)30(25)28(46)15-29(35)36(24,5)16-22(18-42)31(21)47/h6-7,14-16,19-21,24-26,30H,8-13,17H2,1-5H3. The lowest BCUT2D eigenvalue weighted by Gasteiger charge is -2.64. The molecule has 2 aromatic rings. The first-order valence-electron chi connectivity index (χ1n) is 17.0. The molecule has 0 amide bonds. The Hall–Kier alpha value is -3.87. The maximum absolute atomic E-state index is 14.7. The number of halogens is 3. The number of rotatable bonds is 2. The molecule has 7 nitrogen and oxygen atoms in total. The second-order valence-electron chi connectivity index (χ2n) is 16.3. The number of nitrogens with zero attached hydrogens (tertiary/aromatic N) is 4. The van der Waals surface area contributed by atoms with Crippen molar-refractivity contribution in [3.63, 3.8) is 0 Å². The Kier molecular flexibility index (Phi) is 7.19. The number of carbonyl (C=O) groups is 3. The summed E-state index contributed by atoms with van der Waals surface area (Å²) in [5, 5.41) is 9.83. The summed E-state index contributed by atoms with van der Waals surface area (Å²) >= 11 is 0. The summed E-state index contributed by atoms with van der Waals surface area (Å²) < 4.78 is 42.7. The van der Waals surface area contributed by atoms with E-state index in [9.17, 15) is 32.8 Å². The zero-order valence-corrected chi connectivity index (χ0v) is 28.0. The van der Waals surface area contributed by atoms with Crippen LogP contribution < -0.4 is 0 Å². The third-order valence-corrected chi connectivity index (χ3v) is 13.3. The summed E-state index contributed by atoms with van der Waals surface area (Å²) in [6, 6.07) is 4.84. The Labute approximate surface area is 278 Å². The number of allylic oxidation sites excluding steroid dienone is 4. The van der Waals surface area contributed by atoms with Crippen LogP contribution in [0.1, 0.15) is 90.1 Å². The first-order chi connectivity index (χ1) is 22.5. The summed E-state index contributed by atoms with van der Waals surface area (Å²) in [5.41, 5.74) is -1.98. The second-order valence-corrected chi connectivity index (χ2v) is 16.3. The van der Waals surface area contributed by atoms with Gasteiger partial charge in [-0.25, -0.2) is 4.98 Å². The molecular weight excluding hydrogens is 617 g/mol. The summed E-state index contributed by atoms with van der Waals surface area (Å²) in [6.45, 7) is 10.6. The number of hydrogen-bond acceptors (Lipinski definition) is 6. The lowest BCUT2D eigenvalue weighted by molar-refractivity contribution is -0.142. The van der Waals surface area contributed by atoms with Crippen molar-refractivity contribution < 1.29 is 27.6 Å². The van der Waals surface area contributed by atoms with Crippen LogP contribution in [0.2, 0.25) is 0 Å². The number of ketones is 2. The molecule has 2 aromatic heterocycles. The molecular formula is C38H41F3N4O3. The molecule has 0 aromatic carbocycles. The summed E-state index contributed by atoms with van der Waals surface area (Å²) in [7, 11) is 0. The minimum Gasteiger partial charge on any atom is -0.295 e. The highest BCUT2D eigenvalue weighted by molar-refractivity contribution is 6.02. The van der Waals surface area contributed by atoms with Gasteiger partial charge in [-0.3, -0.25) is 23.9 Å². The molecule has 2 heterocycles. The molecule has 0 aliphatic heterocycles. The zero-order valence-electron chi connectivity index (χ0n) is 28.0. The van der Waals surface area contributed by atoms with Gasteiger partial charge in [0.05, 0.1) is 16.7 Å². The molecule has 0 N–H and O–H groups in total. The van der Waals surface area contributed by atoms with Gasteiger partial charge in [0.1, 0.15) is 12.4 Å². The van der Waals surface area contributed by atoms with Gasteiger partial charge in [-0.05, 0) is 91.7 Å². The van der Waals surface area contributed by atoms with Gasteiger partial charge in [0.25, 0.3) is 0 Å². The predicted octanol–water partition coefficient (Wildman–Crippen LogP) is 8.04. The first kappa shape index (κ1) is 32.7. The van der Waals surface area contributed by atoms with Gasteiger partial charge in [0.2, 0.25) is 5.91 Å². The van der Waals surface area contributed by atoms with Crippen LogP contribution in [0, 0.1) is 62.6 Å². The van der Waals surface area contributed by atoms with E-state index in [1.807, 2.05) is 13.0 Å². The number of hydrogen-bond donors (Lipinski definition) is 0. The second kappa shape index (κ2) is 10.6. The van der Waals surface area contributed by atoms with Crippen molar-refractivity contribution in [2.24, 2.45) is 51.2 Å². The van der Waals surface area contributed by atoms with Crippen LogP contribution in [0.5, 0.6) is 0 Å². The van der Waals surface area contributed by atoms with E-state index in [-0.39, 0.29) is 68.8 Å². The minimum absolute atomic E-state index is 0.00175. The van der Waals surface area contributed by atoms with Gasteiger partial charge < -0.3 is 0 Å². The fourth-order valence-corrected chi connectivity index (χ4v) is 10.9. The molecule has 0 bridgehead atoms. The van der Waals surface area contributed by atoms with Crippen molar-refractivity contribution in [1.82, 2.24) is 14.5 Å². The molecule has 0 spiro atoms. The molecule has 5 aliphatic carbocycles. The fraction of sp³-hybridized carbons (Fsp3) is 0.579. The minimum atomic E-state index is -4.68. The summed E-state index contributed by atoms with van der Waals surface area (Å²) in [4.78, 5) is 50.0. The van der Waals surface area contributed by atoms with Gasteiger partial charge in [-0.15, -0.1) is 0 Å².